The zero-order chi connectivity index (χ0) is 13.3. The number of carboxylic acids is 1. The largest absolute Gasteiger partial charge is 0.476 e. The summed E-state index contributed by atoms with van der Waals surface area (Å²) in [5.74, 6) is -1.90. The molecule has 0 radical (unpaired) electrons. The average Bonchev–Trinajstić information content (AvgIpc) is 2.85. The number of nitrogens with zero attached hydrogens (tertiary/aromatic N) is 5. The maximum absolute atomic E-state index is 12.7. The molecular formula is C7H4F3N5O3. The lowest BCUT2D eigenvalue weighted by atomic mass is 10.3. The van der Waals surface area contributed by atoms with Gasteiger partial charge in [-0.1, -0.05) is 10.4 Å². The number of halogens is 3. The molecule has 18 heavy (non-hydrogen) atoms. The third-order valence-corrected chi connectivity index (χ3v) is 1.90. The van der Waals surface area contributed by atoms with Gasteiger partial charge in [-0.2, -0.15) is 18.2 Å². The second-order valence-electron chi connectivity index (χ2n) is 3.09. The molecule has 0 aliphatic heterocycles. The molecule has 0 saturated heterocycles. The molecule has 0 atom stereocenters. The fourth-order valence-electron chi connectivity index (χ4n) is 1.24. The predicted octanol–water partition coefficient (Wildman–Crippen LogP) is 0.426. The van der Waals surface area contributed by atoms with Gasteiger partial charge in [0.2, 0.25) is 12.1 Å². The lowest BCUT2D eigenvalue weighted by Gasteiger charge is -2.08. The summed E-state index contributed by atoms with van der Waals surface area (Å²) >= 11 is 0. The highest BCUT2D eigenvalue weighted by Crippen LogP contribution is 2.31. The van der Waals surface area contributed by atoms with E-state index in [0.29, 0.717) is 4.68 Å². The Morgan fingerprint density at radius 2 is 2.22 bits per heavy atom. The fourth-order valence-corrected chi connectivity index (χ4v) is 1.24. The van der Waals surface area contributed by atoms with Gasteiger partial charge < -0.3 is 9.63 Å². The van der Waals surface area contributed by atoms with Gasteiger partial charge in [0, 0.05) is 0 Å². The van der Waals surface area contributed by atoms with Crippen molar-refractivity contribution in [2.24, 2.45) is 0 Å². The molecular weight excluding hydrogens is 259 g/mol. The van der Waals surface area contributed by atoms with E-state index < -0.39 is 30.1 Å². The van der Waals surface area contributed by atoms with Gasteiger partial charge in [-0.25, -0.2) is 9.48 Å². The number of carbonyl (C=O) groups is 1. The molecule has 2 aromatic heterocycles. The summed E-state index contributed by atoms with van der Waals surface area (Å²) in [5, 5.41) is 18.0. The Balaban J connectivity index is 2.45. The smallest absolute Gasteiger partial charge is 0.435 e. The molecule has 0 aromatic carbocycles. The maximum atomic E-state index is 12.7. The van der Waals surface area contributed by atoms with Gasteiger partial charge in [-0.3, -0.25) is 0 Å². The van der Waals surface area contributed by atoms with Crippen LogP contribution in [0.25, 0.3) is 0 Å². The minimum atomic E-state index is -4.90. The summed E-state index contributed by atoms with van der Waals surface area (Å²) in [7, 11) is 0. The SMILES string of the molecule is O=C(O)c1nnn(Cc2ncon2)c1C(F)(F)F. The summed E-state index contributed by atoms with van der Waals surface area (Å²) < 4.78 is 42.8. The van der Waals surface area contributed by atoms with Crippen molar-refractivity contribution >= 4 is 5.97 Å². The minimum Gasteiger partial charge on any atom is -0.476 e. The van der Waals surface area contributed by atoms with Crippen LogP contribution in [0.4, 0.5) is 13.2 Å². The molecule has 0 saturated carbocycles. The molecule has 0 fully saturated rings. The second-order valence-corrected chi connectivity index (χ2v) is 3.09. The first-order valence-electron chi connectivity index (χ1n) is 4.39. The van der Waals surface area contributed by atoms with E-state index >= 15 is 0 Å². The van der Waals surface area contributed by atoms with Crippen molar-refractivity contribution in [3.8, 4) is 0 Å². The highest BCUT2D eigenvalue weighted by molar-refractivity contribution is 5.86. The van der Waals surface area contributed by atoms with Crippen LogP contribution in [0.1, 0.15) is 22.0 Å². The number of aromatic carboxylic acids is 1. The lowest BCUT2D eigenvalue weighted by Crippen LogP contribution is -2.19. The van der Waals surface area contributed by atoms with Gasteiger partial charge >= 0.3 is 12.1 Å². The highest BCUT2D eigenvalue weighted by atomic mass is 19.4. The molecule has 0 aliphatic rings. The van der Waals surface area contributed by atoms with Gasteiger partial charge in [0.05, 0.1) is 0 Å². The van der Waals surface area contributed by atoms with Gasteiger partial charge in [0.1, 0.15) is 6.54 Å². The summed E-state index contributed by atoms with van der Waals surface area (Å²) in [4.78, 5) is 14.1. The van der Waals surface area contributed by atoms with E-state index in [4.69, 9.17) is 5.11 Å². The van der Waals surface area contributed by atoms with E-state index in [0.717, 1.165) is 6.39 Å². The lowest BCUT2D eigenvalue weighted by molar-refractivity contribution is -0.144. The molecule has 0 aliphatic carbocycles. The van der Waals surface area contributed by atoms with Crippen molar-refractivity contribution < 1.29 is 27.6 Å². The first-order chi connectivity index (χ1) is 8.39. The standard InChI is InChI=1S/C7H4F3N5O3/c8-7(9,10)5-4(6(16)17)12-14-15(5)1-3-11-2-18-13-3/h2H,1H2,(H,16,17). The van der Waals surface area contributed by atoms with E-state index in [1.54, 1.807) is 0 Å². The molecule has 1 N–H and O–H groups in total. The molecule has 11 heteroatoms. The quantitative estimate of drug-likeness (QED) is 0.855. The van der Waals surface area contributed by atoms with E-state index in [1.807, 2.05) is 0 Å². The van der Waals surface area contributed by atoms with Crippen LogP contribution >= 0.6 is 0 Å². The van der Waals surface area contributed by atoms with Crippen LogP contribution < -0.4 is 0 Å². The van der Waals surface area contributed by atoms with Crippen LogP contribution in [0.2, 0.25) is 0 Å². The van der Waals surface area contributed by atoms with E-state index in [1.165, 1.54) is 0 Å². The van der Waals surface area contributed by atoms with Crippen LogP contribution in [0.15, 0.2) is 10.9 Å². The third-order valence-electron chi connectivity index (χ3n) is 1.90. The summed E-state index contributed by atoms with van der Waals surface area (Å²) in [6.45, 7) is -0.494. The Bertz CT molecular complexity index is 561. The number of hydrogen-bond acceptors (Lipinski definition) is 6. The molecule has 2 aromatic rings. The van der Waals surface area contributed by atoms with E-state index in [-0.39, 0.29) is 5.82 Å². The Kier molecular flexibility index (Phi) is 2.73. The predicted molar refractivity (Wildman–Crippen MR) is 45.4 cm³/mol. The summed E-state index contributed by atoms with van der Waals surface area (Å²) in [6, 6.07) is 0. The average molecular weight is 263 g/mol. The van der Waals surface area contributed by atoms with Crippen molar-refractivity contribution in [2.45, 2.75) is 12.7 Å². The van der Waals surface area contributed by atoms with Crippen LogP contribution in [0, 0.1) is 0 Å². The van der Waals surface area contributed by atoms with Crippen molar-refractivity contribution in [1.82, 2.24) is 25.1 Å². The molecule has 0 bridgehead atoms. The molecule has 0 unspecified atom stereocenters. The van der Waals surface area contributed by atoms with Crippen LogP contribution in [0.5, 0.6) is 0 Å². The number of carboxylic acid groups (broad SMARTS) is 1. The number of aromatic nitrogens is 5. The Morgan fingerprint density at radius 3 is 2.72 bits per heavy atom. The van der Waals surface area contributed by atoms with Crippen molar-refractivity contribution in [2.75, 3.05) is 0 Å². The first-order valence-corrected chi connectivity index (χ1v) is 4.39. The minimum absolute atomic E-state index is 0.0812. The second kappa shape index (κ2) is 4.09. The number of alkyl halides is 3. The van der Waals surface area contributed by atoms with Gasteiger partial charge in [0.25, 0.3) is 0 Å². The third kappa shape index (κ3) is 2.14. The fraction of sp³-hybridized carbons (Fsp3) is 0.286. The molecule has 8 nitrogen and oxygen atoms in total. The highest BCUT2D eigenvalue weighted by Gasteiger charge is 2.41. The summed E-state index contributed by atoms with van der Waals surface area (Å²) in [6.07, 6.45) is -3.97. The summed E-state index contributed by atoms with van der Waals surface area (Å²) in [5.41, 5.74) is -2.65. The van der Waals surface area contributed by atoms with Crippen molar-refractivity contribution in [1.29, 1.82) is 0 Å². The van der Waals surface area contributed by atoms with Gasteiger partial charge in [0.15, 0.2) is 11.5 Å². The topological polar surface area (TPSA) is 107 Å². The van der Waals surface area contributed by atoms with Crippen molar-refractivity contribution in [3.05, 3.63) is 23.6 Å². The normalized spacial score (nSPS) is 11.7. The van der Waals surface area contributed by atoms with E-state index in [9.17, 15) is 18.0 Å². The Labute approximate surface area is 96.0 Å². The van der Waals surface area contributed by atoms with Crippen LogP contribution in [-0.2, 0) is 12.7 Å². The Morgan fingerprint density at radius 1 is 1.50 bits per heavy atom. The number of rotatable bonds is 3. The van der Waals surface area contributed by atoms with Gasteiger partial charge in [-0.05, 0) is 0 Å². The molecule has 0 spiro atoms. The molecule has 2 rings (SSSR count). The molecule has 96 valence electrons. The first kappa shape index (κ1) is 12.0. The number of hydrogen-bond donors (Lipinski definition) is 1. The van der Waals surface area contributed by atoms with E-state index in [2.05, 4.69) is 25.0 Å². The maximum Gasteiger partial charge on any atom is 0.435 e. The Hall–Kier alpha value is -2.46. The molecule has 0 amide bonds. The van der Waals surface area contributed by atoms with Crippen LogP contribution in [0.3, 0.4) is 0 Å². The monoisotopic (exact) mass is 263 g/mol. The zero-order valence-corrected chi connectivity index (χ0v) is 8.42. The zero-order valence-electron chi connectivity index (χ0n) is 8.42. The van der Waals surface area contributed by atoms with Gasteiger partial charge in [-0.15, -0.1) is 5.10 Å². The molecule has 2 heterocycles. The van der Waals surface area contributed by atoms with Crippen LogP contribution in [-0.4, -0.2) is 36.2 Å². The van der Waals surface area contributed by atoms with Crippen molar-refractivity contribution in [3.63, 3.8) is 0 Å².